The summed E-state index contributed by atoms with van der Waals surface area (Å²) in [5.74, 6) is 1.30. The van der Waals surface area contributed by atoms with Crippen molar-refractivity contribution in [3.8, 4) is 0 Å². The summed E-state index contributed by atoms with van der Waals surface area (Å²) in [5.41, 5.74) is 6.67. The summed E-state index contributed by atoms with van der Waals surface area (Å²) in [6, 6.07) is 2.55. The molecule has 2 heterocycles. The van der Waals surface area contributed by atoms with Crippen LogP contribution in [0.3, 0.4) is 0 Å². The Morgan fingerprint density at radius 3 is 2.85 bits per heavy atom. The number of aromatic nitrogens is 2. The lowest BCUT2D eigenvalue weighted by Gasteiger charge is -2.41. The van der Waals surface area contributed by atoms with Gasteiger partial charge in [-0.05, 0) is 13.3 Å². The largest absolute Gasteiger partial charge is 0.383 e. The SMILES string of the molecule is CCC1CN(c2cc(C)nc(N)n2)CCN1CCOC. The molecule has 1 fully saturated rings. The number of aryl methyl sites for hydroxylation is 1. The van der Waals surface area contributed by atoms with Crippen LogP contribution in [0, 0.1) is 6.92 Å². The average molecular weight is 279 g/mol. The molecule has 0 bridgehead atoms. The first kappa shape index (κ1) is 15.0. The zero-order valence-corrected chi connectivity index (χ0v) is 12.7. The third-order valence-corrected chi connectivity index (χ3v) is 3.84. The highest BCUT2D eigenvalue weighted by Crippen LogP contribution is 2.20. The minimum absolute atomic E-state index is 0.356. The minimum Gasteiger partial charge on any atom is -0.383 e. The zero-order chi connectivity index (χ0) is 14.5. The van der Waals surface area contributed by atoms with Crippen molar-refractivity contribution >= 4 is 11.8 Å². The number of hydrogen-bond donors (Lipinski definition) is 1. The fourth-order valence-corrected chi connectivity index (χ4v) is 2.73. The van der Waals surface area contributed by atoms with E-state index in [-0.39, 0.29) is 0 Å². The molecule has 6 nitrogen and oxygen atoms in total. The van der Waals surface area contributed by atoms with Crippen LogP contribution in [-0.4, -0.2) is 60.8 Å². The van der Waals surface area contributed by atoms with Crippen LogP contribution >= 0.6 is 0 Å². The summed E-state index contributed by atoms with van der Waals surface area (Å²) in [4.78, 5) is 13.3. The Bertz CT molecular complexity index is 419. The second kappa shape index (κ2) is 6.85. The molecule has 2 N–H and O–H groups in total. The summed E-state index contributed by atoms with van der Waals surface area (Å²) < 4.78 is 5.19. The standard InChI is InChI=1S/C14H25N5O/c1-4-12-10-19(6-5-18(12)7-8-20-3)13-9-11(2)16-14(15)17-13/h9,12H,4-8,10H2,1-3H3,(H2,15,16,17). The van der Waals surface area contributed by atoms with Gasteiger partial charge in [0, 0.05) is 51.1 Å². The highest BCUT2D eigenvalue weighted by Gasteiger charge is 2.26. The third-order valence-electron chi connectivity index (χ3n) is 3.84. The summed E-state index contributed by atoms with van der Waals surface area (Å²) >= 11 is 0. The van der Waals surface area contributed by atoms with Crippen molar-refractivity contribution in [2.45, 2.75) is 26.3 Å². The molecule has 1 saturated heterocycles. The van der Waals surface area contributed by atoms with E-state index in [0.717, 1.165) is 50.7 Å². The number of nitrogens with zero attached hydrogens (tertiary/aromatic N) is 4. The molecule has 1 unspecified atom stereocenters. The van der Waals surface area contributed by atoms with Crippen molar-refractivity contribution in [1.29, 1.82) is 0 Å². The Hall–Kier alpha value is -1.40. The van der Waals surface area contributed by atoms with Gasteiger partial charge in [0.15, 0.2) is 0 Å². The topological polar surface area (TPSA) is 67.5 Å². The van der Waals surface area contributed by atoms with Crippen molar-refractivity contribution in [3.63, 3.8) is 0 Å². The van der Waals surface area contributed by atoms with Gasteiger partial charge in [0.1, 0.15) is 5.82 Å². The number of methoxy groups -OCH3 is 1. The number of hydrogen-bond acceptors (Lipinski definition) is 6. The van der Waals surface area contributed by atoms with Crippen molar-refractivity contribution in [1.82, 2.24) is 14.9 Å². The second-order valence-electron chi connectivity index (χ2n) is 5.26. The van der Waals surface area contributed by atoms with E-state index in [1.165, 1.54) is 0 Å². The lowest BCUT2D eigenvalue weighted by Crippen LogP contribution is -2.54. The Kier molecular flexibility index (Phi) is 5.14. The molecule has 112 valence electrons. The first-order valence-corrected chi connectivity index (χ1v) is 7.23. The summed E-state index contributed by atoms with van der Waals surface area (Å²) in [5, 5.41) is 0. The van der Waals surface area contributed by atoms with Gasteiger partial charge in [-0.15, -0.1) is 0 Å². The lowest BCUT2D eigenvalue weighted by atomic mass is 10.1. The predicted octanol–water partition coefficient (Wildman–Crippen LogP) is 0.914. The van der Waals surface area contributed by atoms with Crippen LogP contribution in [0.2, 0.25) is 0 Å². The van der Waals surface area contributed by atoms with E-state index in [4.69, 9.17) is 10.5 Å². The minimum atomic E-state index is 0.356. The molecular weight excluding hydrogens is 254 g/mol. The molecule has 1 aliphatic rings. The van der Waals surface area contributed by atoms with E-state index >= 15 is 0 Å². The first-order chi connectivity index (χ1) is 9.63. The monoisotopic (exact) mass is 279 g/mol. The molecule has 0 spiro atoms. The van der Waals surface area contributed by atoms with Crippen molar-refractivity contribution in [3.05, 3.63) is 11.8 Å². The summed E-state index contributed by atoms with van der Waals surface area (Å²) in [6.07, 6.45) is 1.12. The fourth-order valence-electron chi connectivity index (χ4n) is 2.73. The number of nitrogen functional groups attached to an aromatic ring is 1. The summed E-state index contributed by atoms with van der Waals surface area (Å²) in [6.45, 7) is 8.95. The molecule has 1 aromatic rings. The van der Waals surface area contributed by atoms with Gasteiger partial charge in [-0.3, -0.25) is 4.90 Å². The fraction of sp³-hybridized carbons (Fsp3) is 0.714. The molecule has 6 heteroatoms. The number of rotatable bonds is 5. The van der Waals surface area contributed by atoms with E-state index < -0.39 is 0 Å². The maximum absolute atomic E-state index is 5.75. The Balaban J connectivity index is 2.05. The third kappa shape index (κ3) is 3.58. The molecule has 0 saturated carbocycles. The maximum Gasteiger partial charge on any atom is 0.222 e. The van der Waals surface area contributed by atoms with Crippen LogP contribution in [0.4, 0.5) is 11.8 Å². The molecule has 0 aromatic carbocycles. The Labute approximate surface area is 120 Å². The van der Waals surface area contributed by atoms with Gasteiger partial charge < -0.3 is 15.4 Å². The van der Waals surface area contributed by atoms with E-state index in [9.17, 15) is 0 Å². The molecule has 1 aromatic heterocycles. The van der Waals surface area contributed by atoms with Crippen LogP contribution in [0.15, 0.2) is 6.07 Å². The van der Waals surface area contributed by atoms with E-state index in [1.807, 2.05) is 13.0 Å². The van der Waals surface area contributed by atoms with Crippen molar-refractivity contribution < 1.29 is 4.74 Å². The predicted molar refractivity (Wildman–Crippen MR) is 80.9 cm³/mol. The van der Waals surface area contributed by atoms with Gasteiger partial charge in [0.2, 0.25) is 5.95 Å². The smallest absolute Gasteiger partial charge is 0.222 e. The van der Waals surface area contributed by atoms with Gasteiger partial charge in [-0.25, -0.2) is 4.98 Å². The van der Waals surface area contributed by atoms with Crippen LogP contribution in [0.1, 0.15) is 19.0 Å². The van der Waals surface area contributed by atoms with E-state index in [0.29, 0.717) is 12.0 Å². The molecule has 1 atom stereocenters. The molecule has 1 aliphatic heterocycles. The molecular formula is C14H25N5O. The van der Waals surface area contributed by atoms with Crippen molar-refractivity contribution in [2.75, 3.05) is 50.5 Å². The second-order valence-corrected chi connectivity index (χ2v) is 5.26. The molecule has 20 heavy (non-hydrogen) atoms. The van der Waals surface area contributed by atoms with E-state index in [2.05, 4.69) is 26.7 Å². The normalized spacial score (nSPS) is 20.4. The van der Waals surface area contributed by atoms with Gasteiger partial charge in [0.05, 0.1) is 6.61 Å². The zero-order valence-electron chi connectivity index (χ0n) is 12.7. The van der Waals surface area contributed by atoms with Gasteiger partial charge >= 0.3 is 0 Å². The quantitative estimate of drug-likeness (QED) is 0.864. The highest BCUT2D eigenvalue weighted by molar-refractivity contribution is 5.44. The van der Waals surface area contributed by atoms with Crippen molar-refractivity contribution in [2.24, 2.45) is 0 Å². The van der Waals surface area contributed by atoms with Gasteiger partial charge in [-0.1, -0.05) is 6.92 Å². The maximum atomic E-state index is 5.75. The van der Waals surface area contributed by atoms with Crippen LogP contribution in [-0.2, 0) is 4.74 Å². The number of ether oxygens (including phenoxy) is 1. The Morgan fingerprint density at radius 1 is 1.40 bits per heavy atom. The number of anilines is 2. The lowest BCUT2D eigenvalue weighted by molar-refractivity contribution is 0.109. The first-order valence-electron chi connectivity index (χ1n) is 7.23. The van der Waals surface area contributed by atoms with Crippen LogP contribution in [0.5, 0.6) is 0 Å². The number of piperazine rings is 1. The average Bonchev–Trinajstić information content (AvgIpc) is 2.43. The molecule has 0 amide bonds. The molecule has 0 aliphatic carbocycles. The van der Waals surface area contributed by atoms with Gasteiger partial charge in [0.25, 0.3) is 0 Å². The molecule has 2 rings (SSSR count). The Morgan fingerprint density at radius 2 is 2.20 bits per heavy atom. The molecule has 0 radical (unpaired) electrons. The number of nitrogens with two attached hydrogens (primary N) is 1. The van der Waals surface area contributed by atoms with Crippen LogP contribution in [0.25, 0.3) is 0 Å². The highest BCUT2D eigenvalue weighted by atomic mass is 16.5. The summed E-state index contributed by atoms with van der Waals surface area (Å²) in [7, 11) is 1.75. The van der Waals surface area contributed by atoms with E-state index in [1.54, 1.807) is 7.11 Å². The van der Waals surface area contributed by atoms with Gasteiger partial charge in [-0.2, -0.15) is 4.98 Å². The van der Waals surface area contributed by atoms with Crippen LogP contribution < -0.4 is 10.6 Å².